The van der Waals surface area contributed by atoms with E-state index in [2.05, 4.69) is 0 Å². The Bertz CT molecular complexity index is 1780. The van der Waals surface area contributed by atoms with Gasteiger partial charge in [-0.2, -0.15) is 0 Å². The summed E-state index contributed by atoms with van der Waals surface area (Å²) in [5, 5.41) is 9.34. The minimum Gasteiger partial charge on any atom is -0.482 e. The number of aliphatic carboxylic acids is 1. The van der Waals surface area contributed by atoms with Crippen molar-refractivity contribution in [2.45, 2.75) is 13.0 Å². The Morgan fingerprint density at radius 3 is 2.40 bits per heavy atom. The molecule has 3 aromatic carbocycles. The first-order valence-corrected chi connectivity index (χ1v) is 13.5. The summed E-state index contributed by atoms with van der Waals surface area (Å²) >= 11 is 7.37. The van der Waals surface area contributed by atoms with E-state index in [4.69, 9.17) is 31.2 Å². The molecule has 1 N–H and O–H groups in total. The molecule has 0 aliphatic carbocycles. The summed E-state index contributed by atoms with van der Waals surface area (Å²) in [6, 6.07) is 22.2. The third-order valence-corrected chi connectivity index (χ3v) is 7.33. The van der Waals surface area contributed by atoms with E-state index in [9.17, 15) is 14.4 Å². The Balaban J connectivity index is 1.70. The zero-order valence-corrected chi connectivity index (χ0v) is 22.8. The maximum Gasteiger partial charge on any atom is 0.341 e. The minimum atomic E-state index is -1.07. The summed E-state index contributed by atoms with van der Waals surface area (Å²) in [5.74, 6) is -1.23. The number of fused-ring (bicyclic) bond motifs is 1. The van der Waals surface area contributed by atoms with E-state index in [1.54, 1.807) is 61.5 Å². The number of carbonyl (C=O) groups excluding carboxylic acids is 1. The molecule has 1 atom stereocenters. The number of ether oxygens (including phenoxy) is 2. The van der Waals surface area contributed by atoms with Crippen LogP contribution in [-0.4, -0.2) is 34.8 Å². The highest BCUT2D eigenvalue weighted by Gasteiger charge is 2.35. The first-order chi connectivity index (χ1) is 19.4. The molecule has 4 aromatic rings. The lowest BCUT2D eigenvalue weighted by Crippen LogP contribution is -2.40. The van der Waals surface area contributed by atoms with Crippen molar-refractivity contribution in [2.24, 2.45) is 4.99 Å². The molecule has 2 heterocycles. The Morgan fingerprint density at radius 2 is 1.75 bits per heavy atom. The largest absolute Gasteiger partial charge is 0.482 e. The number of hydrogen-bond acceptors (Lipinski definition) is 7. The number of nitrogens with zero attached hydrogens (tertiary/aromatic N) is 2. The number of esters is 1. The molecular weight excluding hydrogens is 552 g/mol. The second-order valence-electron chi connectivity index (χ2n) is 8.73. The monoisotopic (exact) mass is 574 g/mol. The molecule has 5 rings (SSSR count). The molecule has 40 heavy (non-hydrogen) atoms. The van der Waals surface area contributed by atoms with Crippen LogP contribution in [0, 0.1) is 0 Å². The fourth-order valence-electron chi connectivity index (χ4n) is 4.36. The third kappa shape index (κ3) is 5.61. The van der Waals surface area contributed by atoms with Crippen molar-refractivity contribution in [1.29, 1.82) is 0 Å². The van der Waals surface area contributed by atoms with Crippen molar-refractivity contribution < 1.29 is 24.2 Å². The summed E-state index contributed by atoms with van der Waals surface area (Å²) in [5.41, 5.74) is 2.50. The van der Waals surface area contributed by atoms with Crippen LogP contribution in [0.3, 0.4) is 0 Å². The van der Waals surface area contributed by atoms with Gasteiger partial charge in [-0.15, -0.1) is 0 Å². The number of carboxylic acid groups (broad SMARTS) is 1. The Hall–Kier alpha value is -4.47. The number of thiazole rings is 1. The maximum atomic E-state index is 13.9. The third-order valence-electron chi connectivity index (χ3n) is 6.10. The number of rotatable bonds is 8. The van der Waals surface area contributed by atoms with Crippen LogP contribution in [0.2, 0.25) is 5.02 Å². The highest BCUT2D eigenvalue weighted by atomic mass is 35.5. The van der Waals surface area contributed by atoms with Gasteiger partial charge in [0.15, 0.2) is 11.4 Å². The van der Waals surface area contributed by atoms with Crippen LogP contribution in [0.15, 0.2) is 94.2 Å². The number of carbonyl (C=O) groups is 2. The lowest BCUT2D eigenvalue weighted by molar-refractivity contribution is -0.140. The molecule has 0 saturated heterocycles. The molecule has 0 radical (unpaired) electrons. The van der Waals surface area contributed by atoms with Gasteiger partial charge >= 0.3 is 11.9 Å². The molecule has 1 aliphatic rings. The van der Waals surface area contributed by atoms with Crippen molar-refractivity contribution >= 4 is 46.6 Å². The van der Waals surface area contributed by atoms with Crippen molar-refractivity contribution in [3.05, 3.63) is 126 Å². The Labute approximate surface area is 237 Å². The molecule has 0 unspecified atom stereocenters. The van der Waals surface area contributed by atoms with Gasteiger partial charge in [-0.05, 0) is 48.4 Å². The minimum absolute atomic E-state index is 0.161. The van der Waals surface area contributed by atoms with E-state index in [-0.39, 0.29) is 17.7 Å². The van der Waals surface area contributed by atoms with Gasteiger partial charge in [-0.3, -0.25) is 9.36 Å². The SMILES string of the molecule is CCOC(=O)C1=C(c2ccccc2)N=c2s/c(=C\c3ccc(OCC(=O)O)cc3)c(=O)n2[C@@H]1c1ccc(Cl)cc1. The molecule has 0 spiro atoms. The van der Waals surface area contributed by atoms with Crippen LogP contribution >= 0.6 is 22.9 Å². The van der Waals surface area contributed by atoms with Gasteiger partial charge in [0, 0.05) is 10.6 Å². The Morgan fingerprint density at radius 1 is 1.05 bits per heavy atom. The average molecular weight is 575 g/mol. The fourth-order valence-corrected chi connectivity index (χ4v) is 5.48. The van der Waals surface area contributed by atoms with Crippen LogP contribution in [0.25, 0.3) is 11.8 Å². The van der Waals surface area contributed by atoms with E-state index in [0.29, 0.717) is 36.9 Å². The van der Waals surface area contributed by atoms with Gasteiger partial charge in [0.05, 0.1) is 28.5 Å². The van der Waals surface area contributed by atoms with E-state index < -0.39 is 24.6 Å². The Kier molecular flexibility index (Phi) is 7.95. The van der Waals surface area contributed by atoms with Crippen LogP contribution in [0.5, 0.6) is 5.75 Å². The van der Waals surface area contributed by atoms with Crippen molar-refractivity contribution in [1.82, 2.24) is 4.57 Å². The molecule has 0 bridgehead atoms. The smallest absolute Gasteiger partial charge is 0.341 e. The zero-order chi connectivity index (χ0) is 28.2. The number of aromatic nitrogens is 1. The van der Waals surface area contributed by atoms with Gasteiger partial charge in [-0.25, -0.2) is 14.6 Å². The molecule has 0 fully saturated rings. The number of benzene rings is 3. The highest BCUT2D eigenvalue weighted by Crippen LogP contribution is 2.35. The topological polar surface area (TPSA) is 107 Å². The predicted molar refractivity (Wildman–Crippen MR) is 152 cm³/mol. The van der Waals surface area contributed by atoms with E-state index in [1.165, 1.54) is 15.9 Å². The number of hydrogen-bond donors (Lipinski definition) is 1. The van der Waals surface area contributed by atoms with Crippen LogP contribution < -0.4 is 19.6 Å². The van der Waals surface area contributed by atoms with Crippen LogP contribution in [0.1, 0.15) is 29.7 Å². The van der Waals surface area contributed by atoms with Crippen molar-refractivity contribution in [3.63, 3.8) is 0 Å². The van der Waals surface area contributed by atoms with E-state index >= 15 is 0 Å². The summed E-state index contributed by atoms with van der Waals surface area (Å²) in [6.45, 7) is 1.44. The van der Waals surface area contributed by atoms with Crippen LogP contribution in [0.4, 0.5) is 0 Å². The quantitative estimate of drug-likeness (QED) is 0.318. The number of carboxylic acids is 1. The average Bonchev–Trinajstić information content (AvgIpc) is 3.27. The fraction of sp³-hybridized carbons (Fsp3) is 0.133. The second-order valence-corrected chi connectivity index (χ2v) is 10.2. The molecule has 10 heteroatoms. The molecule has 0 saturated carbocycles. The first-order valence-electron chi connectivity index (χ1n) is 12.3. The van der Waals surface area contributed by atoms with Crippen molar-refractivity contribution in [2.75, 3.05) is 13.2 Å². The summed E-state index contributed by atoms with van der Waals surface area (Å²) in [4.78, 5) is 43.3. The van der Waals surface area contributed by atoms with Gasteiger partial charge in [-0.1, -0.05) is 77.5 Å². The van der Waals surface area contributed by atoms with Crippen LogP contribution in [-0.2, 0) is 14.3 Å². The molecule has 1 aliphatic heterocycles. The van der Waals surface area contributed by atoms with E-state index in [1.807, 2.05) is 30.3 Å². The molecule has 1 aromatic heterocycles. The zero-order valence-electron chi connectivity index (χ0n) is 21.2. The standard InChI is InChI=1S/C30H23ClN2O6S/c1-2-38-29(37)25-26(19-6-4-3-5-7-19)32-30-33(27(25)20-10-12-21(31)13-11-20)28(36)23(40-30)16-18-8-14-22(15-9-18)39-17-24(34)35/h3-16,27H,2,17H2,1H3,(H,34,35)/b23-16-/t27-/m1/s1. The normalized spacial score (nSPS) is 14.8. The molecule has 8 nitrogen and oxygen atoms in total. The van der Waals surface area contributed by atoms with Gasteiger partial charge in [0.25, 0.3) is 5.56 Å². The number of halogens is 1. The van der Waals surface area contributed by atoms with Crippen molar-refractivity contribution in [3.8, 4) is 5.75 Å². The molecular formula is C30H23ClN2O6S. The highest BCUT2D eigenvalue weighted by molar-refractivity contribution is 7.07. The summed E-state index contributed by atoms with van der Waals surface area (Å²) in [6.07, 6.45) is 1.72. The van der Waals surface area contributed by atoms with Gasteiger partial charge in [0.1, 0.15) is 5.75 Å². The molecule has 202 valence electrons. The summed E-state index contributed by atoms with van der Waals surface area (Å²) in [7, 11) is 0. The predicted octanol–water partition coefficient (Wildman–Crippen LogP) is 4.05. The van der Waals surface area contributed by atoms with Gasteiger partial charge < -0.3 is 14.6 Å². The first kappa shape index (κ1) is 27.1. The second kappa shape index (κ2) is 11.7. The lowest BCUT2D eigenvalue weighted by Gasteiger charge is -2.25. The maximum absolute atomic E-state index is 13.9. The lowest BCUT2D eigenvalue weighted by atomic mass is 9.93. The van der Waals surface area contributed by atoms with E-state index in [0.717, 1.165) is 5.56 Å². The molecule has 0 amide bonds. The van der Waals surface area contributed by atoms with Gasteiger partial charge in [0.2, 0.25) is 0 Å². The summed E-state index contributed by atoms with van der Waals surface area (Å²) < 4.78 is 12.6.